The molecule has 0 saturated carbocycles. The number of nitrogens with zero attached hydrogens (tertiary/aromatic N) is 1. The zero-order chi connectivity index (χ0) is 15.4. The summed E-state index contributed by atoms with van der Waals surface area (Å²) in [6.07, 6.45) is 0. The molecule has 0 aliphatic rings. The predicted molar refractivity (Wildman–Crippen MR) is 48.3 cm³/mol. The van der Waals surface area contributed by atoms with E-state index in [1.807, 2.05) is 0 Å². The van der Waals surface area contributed by atoms with E-state index in [4.69, 9.17) is 0 Å². The average molecular weight is 305 g/mol. The summed E-state index contributed by atoms with van der Waals surface area (Å²) in [5.74, 6) is -17.7. The fourth-order valence-electron chi connectivity index (χ4n) is 1.64. The molecule has 0 bridgehead atoms. The Labute approximate surface area is 103 Å². The smallest absolute Gasteiger partial charge is 0.198 e. The van der Waals surface area contributed by atoms with E-state index in [0.29, 0.717) is 0 Å². The first-order valence-corrected chi connectivity index (χ1v) is 4.63. The van der Waals surface area contributed by atoms with Crippen molar-refractivity contribution < 1.29 is 39.7 Å². The maximum absolute atomic E-state index is 13.4. The third kappa shape index (κ3) is 1.67. The van der Waals surface area contributed by atoms with Gasteiger partial charge in [0.05, 0.1) is 10.8 Å². The van der Waals surface area contributed by atoms with Crippen LogP contribution in [0.15, 0.2) is 0 Å². The van der Waals surface area contributed by atoms with E-state index in [0.717, 1.165) is 0 Å². The van der Waals surface area contributed by atoms with Crippen molar-refractivity contribution in [3.8, 4) is 0 Å². The van der Waals surface area contributed by atoms with Gasteiger partial charge >= 0.3 is 0 Å². The van der Waals surface area contributed by atoms with Crippen molar-refractivity contribution in [1.29, 1.82) is 0 Å². The summed E-state index contributed by atoms with van der Waals surface area (Å²) >= 11 is 0. The molecule has 0 radical (unpaired) electrons. The lowest BCUT2D eigenvalue weighted by Crippen LogP contribution is -2.10. The van der Waals surface area contributed by atoms with Gasteiger partial charge in [0.15, 0.2) is 46.4 Å². The topological polar surface area (TPSA) is 3.24 Å². The summed E-state index contributed by atoms with van der Waals surface area (Å²) < 4.78 is 117. The minimum absolute atomic E-state index is 1.96. The van der Waals surface area contributed by atoms with Crippen LogP contribution in [0.2, 0.25) is 0 Å². The summed E-state index contributed by atoms with van der Waals surface area (Å²) in [5.41, 5.74) is -2.26. The normalized spacial score (nSPS) is 11.2. The van der Waals surface area contributed by atoms with E-state index in [9.17, 15) is 39.7 Å². The van der Waals surface area contributed by atoms with Crippen LogP contribution in [-0.2, 0) is 0 Å². The van der Waals surface area contributed by atoms with Gasteiger partial charge in [0.2, 0.25) is 0 Å². The fraction of sp³-hybridized carbons (Fsp3) is 0. The molecule has 0 atom stereocenters. The number of anilines is 1. The fourth-order valence-corrected chi connectivity index (χ4v) is 1.64. The number of fused-ring (bicyclic) bond motifs is 1. The highest BCUT2D eigenvalue weighted by Crippen LogP contribution is 2.39. The van der Waals surface area contributed by atoms with E-state index in [1.165, 1.54) is 0 Å². The van der Waals surface area contributed by atoms with Gasteiger partial charge in [-0.3, -0.25) is 0 Å². The van der Waals surface area contributed by atoms with Gasteiger partial charge < -0.3 is 0 Å². The molecule has 0 unspecified atom stereocenters. The van der Waals surface area contributed by atoms with Crippen LogP contribution in [0.3, 0.4) is 0 Å². The van der Waals surface area contributed by atoms with Crippen molar-refractivity contribution in [2.75, 3.05) is 5.34 Å². The Morgan fingerprint density at radius 1 is 0.450 bits per heavy atom. The first kappa shape index (κ1) is 14.3. The number of benzene rings is 2. The van der Waals surface area contributed by atoms with Crippen molar-refractivity contribution in [1.82, 2.24) is 0 Å². The molecule has 0 fully saturated rings. The lowest BCUT2D eigenvalue weighted by molar-refractivity contribution is 0.230. The van der Waals surface area contributed by atoms with E-state index < -0.39 is 62.5 Å². The second-order valence-corrected chi connectivity index (χ2v) is 3.53. The largest absolute Gasteiger partial charge is 0.203 e. The number of hydrogen-bond acceptors (Lipinski definition) is 1. The third-order valence-corrected chi connectivity index (χ3v) is 2.49. The van der Waals surface area contributed by atoms with Crippen molar-refractivity contribution in [3.05, 3.63) is 40.7 Å². The molecule has 0 amide bonds. The van der Waals surface area contributed by atoms with Crippen LogP contribution in [0.4, 0.5) is 45.4 Å². The summed E-state index contributed by atoms with van der Waals surface area (Å²) in [6.45, 7) is 0. The Hall–Kier alpha value is -2.13. The predicted octanol–water partition coefficient (Wildman–Crippen LogP) is 4.39. The van der Waals surface area contributed by atoms with Crippen LogP contribution in [0, 0.1) is 40.7 Å². The van der Waals surface area contributed by atoms with Gasteiger partial charge in [-0.25, -0.2) is 30.7 Å². The minimum Gasteiger partial charge on any atom is -0.203 e. The summed E-state index contributed by atoms with van der Waals surface area (Å²) in [5, 5.41) is -6.13. The molecule has 10 heteroatoms. The standard InChI is InChI=1S/C10F9N/c11-3-1-2(5(13)7(15)6(3)14)10(20(18)19)9(17)8(16)4(1)12. The highest BCUT2D eigenvalue weighted by atomic mass is 19.4. The lowest BCUT2D eigenvalue weighted by Gasteiger charge is -2.12. The molecule has 1 nitrogen and oxygen atoms in total. The highest BCUT2D eigenvalue weighted by Gasteiger charge is 2.33. The molecule has 0 saturated heterocycles. The summed E-state index contributed by atoms with van der Waals surface area (Å²) in [4.78, 5) is 0. The molecule has 0 N–H and O–H groups in total. The van der Waals surface area contributed by atoms with E-state index in [-0.39, 0.29) is 0 Å². The van der Waals surface area contributed by atoms with Gasteiger partial charge in [-0.1, -0.05) is 8.96 Å². The van der Waals surface area contributed by atoms with Crippen LogP contribution in [0.25, 0.3) is 10.8 Å². The van der Waals surface area contributed by atoms with Crippen LogP contribution in [0.5, 0.6) is 0 Å². The highest BCUT2D eigenvalue weighted by molar-refractivity contribution is 5.95. The lowest BCUT2D eigenvalue weighted by atomic mass is 10.0. The Bertz CT molecular complexity index is 717. The second kappa shape index (κ2) is 4.46. The monoisotopic (exact) mass is 305 g/mol. The molecule has 0 aromatic heterocycles. The zero-order valence-corrected chi connectivity index (χ0v) is 8.85. The number of hydrogen-bond donors (Lipinski definition) is 0. The quantitative estimate of drug-likeness (QED) is 0.327. The molecular formula is C10F9N. The second-order valence-electron chi connectivity index (χ2n) is 3.53. The summed E-state index contributed by atoms with van der Waals surface area (Å²) in [7, 11) is 0. The first-order chi connectivity index (χ1) is 9.20. The van der Waals surface area contributed by atoms with Gasteiger partial charge in [-0.2, -0.15) is 0 Å². The van der Waals surface area contributed by atoms with Gasteiger partial charge in [0.25, 0.3) is 0 Å². The van der Waals surface area contributed by atoms with Crippen molar-refractivity contribution in [3.63, 3.8) is 0 Å². The van der Waals surface area contributed by atoms with Crippen molar-refractivity contribution in [2.45, 2.75) is 0 Å². The van der Waals surface area contributed by atoms with Crippen LogP contribution in [0.1, 0.15) is 0 Å². The first-order valence-electron chi connectivity index (χ1n) is 4.63. The van der Waals surface area contributed by atoms with E-state index in [1.54, 1.807) is 0 Å². The maximum atomic E-state index is 13.4. The molecule has 2 aromatic rings. The van der Waals surface area contributed by atoms with Crippen LogP contribution < -0.4 is 5.34 Å². The molecule has 0 aliphatic carbocycles. The van der Waals surface area contributed by atoms with Crippen LogP contribution >= 0.6 is 0 Å². The third-order valence-electron chi connectivity index (χ3n) is 2.49. The van der Waals surface area contributed by atoms with E-state index >= 15 is 0 Å². The minimum atomic E-state index is -2.59. The van der Waals surface area contributed by atoms with Gasteiger partial charge in [-0.05, 0) is 5.34 Å². The Morgan fingerprint density at radius 3 is 1.20 bits per heavy atom. The molecule has 20 heavy (non-hydrogen) atoms. The van der Waals surface area contributed by atoms with Gasteiger partial charge in [0, 0.05) is 0 Å². The molecule has 0 spiro atoms. The number of halogens is 9. The SMILES string of the molecule is Fc1c(F)c(F)c2c(N(F)F)c(F)c(F)c(F)c2c1F. The van der Waals surface area contributed by atoms with Gasteiger partial charge in [-0.15, -0.1) is 0 Å². The molecule has 2 rings (SSSR count). The Balaban J connectivity index is 3.22. The van der Waals surface area contributed by atoms with Crippen molar-refractivity contribution in [2.24, 2.45) is 0 Å². The van der Waals surface area contributed by atoms with Gasteiger partial charge in [0.1, 0.15) is 0 Å². The molecule has 0 aliphatic heterocycles. The molecule has 108 valence electrons. The summed E-state index contributed by atoms with van der Waals surface area (Å²) in [6, 6.07) is 0. The van der Waals surface area contributed by atoms with Crippen molar-refractivity contribution >= 4 is 16.5 Å². The van der Waals surface area contributed by atoms with Crippen LogP contribution in [-0.4, -0.2) is 0 Å². The Kier molecular flexibility index (Phi) is 3.18. The Morgan fingerprint density at radius 2 is 0.800 bits per heavy atom. The van der Waals surface area contributed by atoms with E-state index in [2.05, 4.69) is 0 Å². The molecule has 2 aromatic carbocycles. The average Bonchev–Trinajstić information content (AvgIpc) is 2.39. The molecule has 0 heterocycles. The number of rotatable bonds is 1. The molecular weight excluding hydrogens is 305 g/mol. The zero-order valence-electron chi connectivity index (χ0n) is 8.85. The maximum Gasteiger partial charge on any atom is 0.198 e.